The largest absolute Gasteiger partial charge is 0.416 e. The third kappa shape index (κ3) is 2.67. The van der Waals surface area contributed by atoms with Crippen molar-refractivity contribution in [1.82, 2.24) is 25.0 Å². The first-order valence-corrected chi connectivity index (χ1v) is 9.04. The Kier molecular flexibility index (Phi) is 3.74. The molecule has 0 spiro atoms. The van der Waals surface area contributed by atoms with Gasteiger partial charge in [-0.15, -0.1) is 10.2 Å². The molecule has 0 radical (unpaired) electrons. The minimum Gasteiger partial charge on any atom is -0.303 e. The van der Waals surface area contributed by atoms with Crippen LogP contribution in [0, 0.1) is 0 Å². The molecule has 5 rings (SSSR count). The number of fused-ring (bicyclic) bond motifs is 2. The number of nitrogens with zero attached hydrogens (tertiary/aromatic N) is 4. The molecule has 1 atom stereocenters. The highest BCUT2D eigenvalue weighted by atomic mass is 35.5. The first kappa shape index (κ1) is 17.2. The Hall–Kier alpha value is -2.87. The summed E-state index contributed by atoms with van der Waals surface area (Å²) in [6, 6.07) is 10.8. The highest BCUT2D eigenvalue weighted by Crippen LogP contribution is 2.37. The lowest BCUT2D eigenvalue weighted by molar-refractivity contribution is -0.137. The Bertz CT molecular complexity index is 1180. The lowest BCUT2D eigenvalue weighted by Crippen LogP contribution is -2.09. The van der Waals surface area contributed by atoms with Gasteiger partial charge in [-0.3, -0.25) is 5.10 Å². The topological polar surface area (TPSA) is 59.4 Å². The summed E-state index contributed by atoms with van der Waals surface area (Å²) in [5.74, 6) is 1.48. The summed E-state index contributed by atoms with van der Waals surface area (Å²) in [6.07, 6.45) is -2.87. The van der Waals surface area contributed by atoms with Crippen molar-refractivity contribution in [3.63, 3.8) is 0 Å². The Balaban J connectivity index is 1.57. The molecule has 3 heterocycles. The Morgan fingerprint density at radius 2 is 1.86 bits per heavy atom. The van der Waals surface area contributed by atoms with Gasteiger partial charge < -0.3 is 4.57 Å². The van der Waals surface area contributed by atoms with E-state index < -0.39 is 11.7 Å². The zero-order valence-electron chi connectivity index (χ0n) is 14.3. The molecule has 5 nitrogen and oxygen atoms in total. The maximum atomic E-state index is 12.9. The number of halogens is 4. The fourth-order valence-corrected chi connectivity index (χ4v) is 3.93. The quantitative estimate of drug-likeness (QED) is 0.510. The van der Waals surface area contributed by atoms with Crippen molar-refractivity contribution in [2.24, 2.45) is 0 Å². The molecule has 1 unspecified atom stereocenters. The molecule has 0 amide bonds. The first-order chi connectivity index (χ1) is 13.4. The molecule has 142 valence electrons. The number of nitrogens with one attached hydrogen (secondary N) is 1. The molecule has 0 saturated carbocycles. The molecule has 0 bridgehead atoms. The number of alkyl halides is 3. The van der Waals surface area contributed by atoms with Gasteiger partial charge in [0.15, 0.2) is 5.82 Å². The average molecular weight is 404 g/mol. The number of hydrogen-bond acceptors (Lipinski definition) is 3. The van der Waals surface area contributed by atoms with E-state index in [-0.39, 0.29) is 6.04 Å². The molecule has 2 aromatic heterocycles. The molecular weight excluding hydrogens is 391 g/mol. The van der Waals surface area contributed by atoms with E-state index in [2.05, 4.69) is 20.4 Å². The number of aryl methyl sites for hydroxylation is 1. The van der Waals surface area contributed by atoms with Gasteiger partial charge in [-0.25, -0.2) is 0 Å². The maximum absolute atomic E-state index is 12.9. The Morgan fingerprint density at radius 3 is 2.61 bits per heavy atom. The molecule has 0 aliphatic carbocycles. The van der Waals surface area contributed by atoms with Crippen LogP contribution in [0.15, 0.2) is 42.5 Å². The van der Waals surface area contributed by atoms with Crippen LogP contribution in [0.1, 0.15) is 29.4 Å². The number of H-pyrrole nitrogens is 1. The SMILES string of the molecule is FC(F)(F)c1ccc(C2CCc3nnc(-c4ccc5n[nH]c(Cl)c5c4)n32)cc1. The zero-order valence-corrected chi connectivity index (χ0v) is 15.1. The second-order valence-corrected chi connectivity index (χ2v) is 7.13. The van der Waals surface area contributed by atoms with E-state index in [1.807, 2.05) is 22.8 Å². The van der Waals surface area contributed by atoms with Crippen LogP contribution in [-0.4, -0.2) is 25.0 Å². The number of rotatable bonds is 2. The highest BCUT2D eigenvalue weighted by Gasteiger charge is 2.32. The van der Waals surface area contributed by atoms with E-state index in [0.29, 0.717) is 17.4 Å². The molecule has 1 aliphatic rings. The standard InChI is InChI=1S/C19H13ClF3N5/c20-17-13-9-11(3-6-14(13)24-26-17)18-27-25-16-8-7-15(28(16)18)10-1-4-12(5-2-10)19(21,22)23/h1-6,9,15H,7-8H2,(H,24,26). The Labute approximate surface area is 162 Å². The summed E-state index contributed by atoms with van der Waals surface area (Å²) in [5.41, 5.74) is 1.72. The lowest BCUT2D eigenvalue weighted by Gasteiger charge is -2.17. The predicted octanol–water partition coefficient (Wildman–Crippen LogP) is 5.03. The van der Waals surface area contributed by atoms with Crippen LogP contribution in [0.3, 0.4) is 0 Å². The zero-order chi connectivity index (χ0) is 19.5. The van der Waals surface area contributed by atoms with Crippen molar-refractivity contribution >= 4 is 22.5 Å². The van der Waals surface area contributed by atoms with Crippen LogP contribution in [0.25, 0.3) is 22.3 Å². The third-order valence-corrected chi connectivity index (χ3v) is 5.40. The molecule has 0 fully saturated rings. The summed E-state index contributed by atoms with van der Waals surface area (Å²) in [4.78, 5) is 0. The maximum Gasteiger partial charge on any atom is 0.416 e. The molecular formula is C19H13ClF3N5. The summed E-state index contributed by atoms with van der Waals surface area (Å²) in [5, 5.41) is 16.7. The fourth-order valence-electron chi connectivity index (χ4n) is 3.74. The van der Waals surface area contributed by atoms with Crippen LogP contribution in [0.4, 0.5) is 13.2 Å². The van der Waals surface area contributed by atoms with Gasteiger partial charge >= 0.3 is 6.18 Å². The van der Waals surface area contributed by atoms with Crippen LogP contribution < -0.4 is 0 Å². The predicted molar refractivity (Wildman–Crippen MR) is 98.0 cm³/mol. The van der Waals surface area contributed by atoms with Gasteiger partial charge in [0.25, 0.3) is 0 Å². The van der Waals surface area contributed by atoms with Crippen LogP contribution in [0.5, 0.6) is 0 Å². The van der Waals surface area contributed by atoms with E-state index in [1.165, 1.54) is 12.1 Å². The normalized spacial score (nSPS) is 16.6. The highest BCUT2D eigenvalue weighted by molar-refractivity contribution is 6.34. The smallest absolute Gasteiger partial charge is 0.303 e. The van der Waals surface area contributed by atoms with Gasteiger partial charge in [0, 0.05) is 17.4 Å². The second kappa shape index (κ2) is 6.07. The van der Waals surface area contributed by atoms with Crippen molar-refractivity contribution in [3.8, 4) is 11.4 Å². The molecule has 2 aromatic carbocycles. The van der Waals surface area contributed by atoms with E-state index in [4.69, 9.17) is 11.6 Å². The summed E-state index contributed by atoms with van der Waals surface area (Å²) >= 11 is 6.15. The van der Waals surface area contributed by atoms with Gasteiger partial charge in [-0.1, -0.05) is 23.7 Å². The van der Waals surface area contributed by atoms with Gasteiger partial charge in [-0.2, -0.15) is 18.3 Å². The fraction of sp³-hybridized carbons (Fsp3) is 0.211. The summed E-state index contributed by atoms with van der Waals surface area (Å²) in [7, 11) is 0. The van der Waals surface area contributed by atoms with Crippen molar-refractivity contribution in [2.75, 3.05) is 0 Å². The summed E-state index contributed by atoms with van der Waals surface area (Å²) < 4.78 is 40.6. The summed E-state index contributed by atoms with van der Waals surface area (Å²) in [6.45, 7) is 0. The van der Waals surface area contributed by atoms with Crippen molar-refractivity contribution in [1.29, 1.82) is 0 Å². The van der Waals surface area contributed by atoms with E-state index in [1.54, 1.807) is 0 Å². The third-order valence-electron chi connectivity index (χ3n) is 5.11. The number of benzene rings is 2. The van der Waals surface area contributed by atoms with Crippen molar-refractivity contribution < 1.29 is 13.2 Å². The van der Waals surface area contributed by atoms with Gasteiger partial charge in [0.05, 0.1) is 17.1 Å². The van der Waals surface area contributed by atoms with Crippen molar-refractivity contribution in [2.45, 2.75) is 25.1 Å². The first-order valence-electron chi connectivity index (χ1n) is 8.67. The van der Waals surface area contributed by atoms with Gasteiger partial charge in [-0.05, 0) is 42.3 Å². The molecule has 1 aliphatic heterocycles. The van der Waals surface area contributed by atoms with Crippen molar-refractivity contribution in [3.05, 3.63) is 64.6 Å². The monoisotopic (exact) mass is 403 g/mol. The number of hydrogen-bond donors (Lipinski definition) is 1. The van der Waals surface area contributed by atoms with Crippen LogP contribution in [-0.2, 0) is 12.6 Å². The second-order valence-electron chi connectivity index (χ2n) is 6.75. The molecule has 0 saturated heterocycles. The van der Waals surface area contributed by atoms with Gasteiger partial charge in [0.1, 0.15) is 11.0 Å². The van der Waals surface area contributed by atoms with Crippen LogP contribution in [0.2, 0.25) is 5.15 Å². The lowest BCUT2D eigenvalue weighted by atomic mass is 10.0. The molecule has 9 heteroatoms. The molecule has 4 aromatic rings. The number of aromatic nitrogens is 5. The molecule has 28 heavy (non-hydrogen) atoms. The Morgan fingerprint density at radius 1 is 1.07 bits per heavy atom. The molecule has 1 N–H and O–H groups in total. The van der Waals surface area contributed by atoms with E-state index in [9.17, 15) is 13.2 Å². The van der Waals surface area contributed by atoms with E-state index in [0.717, 1.165) is 46.4 Å². The minimum atomic E-state index is -4.35. The number of aromatic amines is 1. The minimum absolute atomic E-state index is 0.113. The van der Waals surface area contributed by atoms with Gasteiger partial charge in [0.2, 0.25) is 0 Å². The van der Waals surface area contributed by atoms with E-state index >= 15 is 0 Å². The average Bonchev–Trinajstić information content (AvgIpc) is 3.36. The van der Waals surface area contributed by atoms with Crippen LogP contribution >= 0.6 is 11.6 Å².